The van der Waals surface area contributed by atoms with Gasteiger partial charge in [-0.3, -0.25) is 4.79 Å². The molecule has 0 atom stereocenters. The summed E-state index contributed by atoms with van der Waals surface area (Å²) in [4.78, 5) is 14.6. The minimum Gasteiger partial charge on any atom is -0.412 e. The predicted octanol–water partition coefficient (Wildman–Crippen LogP) is 2.52. The van der Waals surface area contributed by atoms with Gasteiger partial charge in [-0.05, 0) is 54.8 Å². The molecule has 4 rings (SSSR count). The number of benzene rings is 2. The lowest BCUT2D eigenvalue weighted by Crippen LogP contribution is -2.27. The molecule has 0 aliphatic carbocycles. The lowest BCUT2D eigenvalue weighted by atomic mass is 10.2. The maximum absolute atomic E-state index is 12.6. The van der Waals surface area contributed by atoms with Crippen LogP contribution in [0.5, 0.6) is 0 Å². The number of carbonyl (C=O) groups excluding carboxylic acids is 1. The fourth-order valence-electron chi connectivity index (χ4n) is 3.45. The summed E-state index contributed by atoms with van der Waals surface area (Å²) >= 11 is 0. The Labute approximate surface area is 187 Å². The van der Waals surface area contributed by atoms with Crippen molar-refractivity contribution < 1.29 is 17.6 Å². The molecule has 0 saturated carbocycles. The standard InChI is InChI=1S/C22H25N5O4S/c1-26(2)18-9-5-16(6-10-18)15-23-20(28)22-25-24-21(31-22)17-7-11-19(12-8-17)32(29,30)27-13-3-4-14-27/h5-12H,3-4,13-15H2,1-2H3,(H,23,28). The summed E-state index contributed by atoms with van der Waals surface area (Å²) in [7, 11) is 0.437. The maximum atomic E-state index is 12.6. The minimum atomic E-state index is -3.49. The fraction of sp³-hybridized carbons (Fsp3) is 0.318. The molecule has 1 amide bonds. The monoisotopic (exact) mass is 455 g/mol. The van der Waals surface area contributed by atoms with Gasteiger partial charge in [-0.1, -0.05) is 12.1 Å². The van der Waals surface area contributed by atoms with Gasteiger partial charge >= 0.3 is 11.8 Å². The first kappa shape index (κ1) is 22.0. The second kappa shape index (κ2) is 9.09. The van der Waals surface area contributed by atoms with Crippen LogP contribution in [0.1, 0.15) is 29.1 Å². The Balaban J connectivity index is 1.40. The van der Waals surface area contributed by atoms with Crippen LogP contribution in [-0.4, -0.2) is 56.0 Å². The van der Waals surface area contributed by atoms with Crippen molar-refractivity contribution in [1.29, 1.82) is 0 Å². The van der Waals surface area contributed by atoms with Gasteiger partial charge in [-0.25, -0.2) is 8.42 Å². The number of rotatable bonds is 7. The number of amides is 1. The summed E-state index contributed by atoms with van der Waals surface area (Å²) in [6.45, 7) is 1.42. The molecule has 10 heteroatoms. The van der Waals surface area contributed by atoms with Crippen molar-refractivity contribution in [3.8, 4) is 11.5 Å². The highest BCUT2D eigenvalue weighted by atomic mass is 32.2. The van der Waals surface area contributed by atoms with Crippen LogP contribution in [-0.2, 0) is 16.6 Å². The Morgan fingerprint density at radius 2 is 1.69 bits per heavy atom. The van der Waals surface area contributed by atoms with Crippen molar-refractivity contribution in [2.45, 2.75) is 24.3 Å². The molecule has 1 aliphatic rings. The topological polar surface area (TPSA) is 109 Å². The van der Waals surface area contributed by atoms with Gasteiger partial charge in [0.15, 0.2) is 0 Å². The second-order valence-corrected chi connectivity index (χ2v) is 9.73. The zero-order valence-electron chi connectivity index (χ0n) is 18.0. The Morgan fingerprint density at radius 3 is 2.31 bits per heavy atom. The van der Waals surface area contributed by atoms with Crippen LogP contribution in [0.15, 0.2) is 57.8 Å². The third kappa shape index (κ3) is 4.66. The smallest absolute Gasteiger partial charge is 0.309 e. The van der Waals surface area contributed by atoms with Gasteiger partial charge in [0, 0.05) is 45.0 Å². The highest BCUT2D eigenvalue weighted by molar-refractivity contribution is 7.89. The lowest BCUT2D eigenvalue weighted by Gasteiger charge is -2.15. The number of nitrogens with zero attached hydrogens (tertiary/aromatic N) is 4. The summed E-state index contributed by atoms with van der Waals surface area (Å²) in [5.41, 5.74) is 2.55. The Hall–Kier alpha value is -3.24. The number of sulfonamides is 1. The van der Waals surface area contributed by atoms with Crippen LogP contribution in [0.25, 0.3) is 11.5 Å². The van der Waals surface area contributed by atoms with E-state index in [0.717, 1.165) is 24.1 Å². The molecule has 2 heterocycles. The molecule has 1 N–H and O–H groups in total. The number of hydrogen-bond acceptors (Lipinski definition) is 7. The van der Waals surface area contributed by atoms with E-state index in [1.807, 2.05) is 43.3 Å². The Bertz CT molecular complexity index is 1180. The van der Waals surface area contributed by atoms with Gasteiger partial charge in [-0.15, -0.1) is 10.2 Å². The van der Waals surface area contributed by atoms with E-state index in [1.165, 1.54) is 16.4 Å². The molecule has 2 aromatic carbocycles. The van der Waals surface area contributed by atoms with Gasteiger partial charge < -0.3 is 14.6 Å². The third-order valence-corrected chi connectivity index (χ3v) is 7.24. The molecule has 0 unspecified atom stereocenters. The van der Waals surface area contributed by atoms with Crippen molar-refractivity contribution in [3.05, 3.63) is 60.0 Å². The molecule has 1 saturated heterocycles. The molecular weight excluding hydrogens is 430 g/mol. The first-order chi connectivity index (χ1) is 15.3. The SMILES string of the molecule is CN(C)c1ccc(CNC(=O)c2nnc(-c3ccc(S(=O)(=O)N4CCCC4)cc3)o2)cc1. The van der Waals surface area contributed by atoms with Crippen LogP contribution in [0.3, 0.4) is 0 Å². The van der Waals surface area contributed by atoms with Crippen LogP contribution in [0.2, 0.25) is 0 Å². The third-order valence-electron chi connectivity index (χ3n) is 5.33. The van der Waals surface area contributed by atoms with E-state index in [0.29, 0.717) is 25.2 Å². The molecule has 168 valence electrons. The van der Waals surface area contributed by atoms with Crippen LogP contribution < -0.4 is 10.2 Å². The molecule has 3 aromatic rings. The van der Waals surface area contributed by atoms with Crippen molar-refractivity contribution in [2.24, 2.45) is 0 Å². The molecule has 9 nitrogen and oxygen atoms in total. The van der Waals surface area contributed by atoms with Crippen LogP contribution in [0, 0.1) is 0 Å². The van der Waals surface area contributed by atoms with E-state index in [4.69, 9.17) is 4.42 Å². The summed E-state index contributed by atoms with van der Waals surface area (Å²) in [6.07, 6.45) is 1.76. The fourth-order valence-corrected chi connectivity index (χ4v) is 4.97. The van der Waals surface area contributed by atoms with E-state index in [9.17, 15) is 13.2 Å². The molecule has 0 spiro atoms. The van der Waals surface area contributed by atoms with Gasteiger partial charge in [0.2, 0.25) is 15.9 Å². The van der Waals surface area contributed by atoms with Crippen molar-refractivity contribution >= 4 is 21.6 Å². The number of aromatic nitrogens is 2. The first-order valence-electron chi connectivity index (χ1n) is 10.3. The quantitative estimate of drug-likeness (QED) is 0.583. The second-order valence-electron chi connectivity index (χ2n) is 7.79. The summed E-state index contributed by atoms with van der Waals surface area (Å²) < 4.78 is 32.3. The van der Waals surface area contributed by atoms with Gasteiger partial charge in [0.25, 0.3) is 0 Å². The summed E-state index contributed by atoms with van der Waals surface area (Å²) in [5, 5.41) is 10.5. The minimum absolute atomic E-state index is 0.149. The highest BCUT2D eigenvalue weighted by Crippen LogP contribution is 2.24. The van der Waals surface area contributed by atoms with E-state index in [-0.39, 0.29) is 16.7 Å². The van der Waals surface area contributed by atoms with E-state index < -0.39 is 15.9 Å². The largest absolute Gasteiger partial charge is 0.412 e. The van der Waals surface area contributed by atoms with Gasteiger partial charge in [0.05, 0.1) is 4.90 Å². The van der Waals surface area contributed by atoms with Crippen molar-refractivity contribution in [3.63, 3.8) is 0 Å². The summed E-state index contributed by atoms with van der Waals surface area (Å²) in [5.74, 6) is -0.483. The van der Waals surface area contributed by atoms with Crippen LogP contribution >= 0.6 is 0 Å². The van der Waals surface area contributed by atoms with E-state index >= 15 is 0 Å². The maximum Gasteiger partial charge on any atom is 0.309 e. The average Bonchev–Trinajstić information content (AvgIpc) is 3.51. The number of hydrogen-bond donors (Lipinski definition) is 1. The summed E-state index contributed by atoms with van der Waals surface area (Å²) in [6, 6.07) is 14.1. The highest BCUT2D eigenvalue weighted by Gasteiger charge is 2.27. The van der Waals surface area contributed by atoms with Crippen molar-refractivity contribution in [2.75, 3.05) is 32.1 Å². The molecule has 0 bridgehead atoms. The molecule has 1 fully saturated rings. The molecule has 32 heavy (non-hydrogen) atoms. The van der Waals surface area contributed by atoms with Gasteiger partial charge in [-0.2, -0.15) is 4.31 Å². The Kier molecular flexibility index (Phi) is 6.24. The molecule has 1 aromatic heterocycles. The van der Waals surface area contributed by atoms with Crippen LogP contribution in [0.4, 0.5) is 5.69 Å². The normalized spacial score (nSPS) is 14.4. The molecular formula is C22H25N5O4S. The van der Waals surface area contributed by atoms with Gasteiger partial charge in [0.1, 0.15) is 0 Å². The molecule has 0 radical (unpaired) electrons. The lowest BCUT2D eigenvalue weighted by molar-refractivity contribution is 0.0917. The number of anilines is 1. The van der Waals surface area contributed by atoms with E-state index in [1.54, 1.807) is 12.1 Å². The zero-order chi connectivity index (χ0) is 22.7. The van der Waals surface area contributed by atoms with E-state index in [2.05, 4.69) is 15.5 Å². The molecule has 1 aliphatic heterocycles. The number of carbonyl (C=O) groups is 1. The number of nitrogens with one attached hydrogen (secondary N) is 1. The zero-order valence-corrected chi connectivity index (χ0v) is 18.8. The first-order valence-corrected chi connectivity index (χ1v) is 11.8. The average molecular weight is 456 g/mol. The predicted molar refractivity (Wildman–Crippen MR) is 120 cm³/mol. The Morgan fingerprint density at radius 1 is 1.03 bits per heavy atom. The van der Waals surface area contributed by atoms with Crippen molar-refractivity contribution in [1.82, 2.24) is 19.8 Å².